The molecule has 2 aromatic heterocycles. The molecule has 27 heavy (non-hydrogen) atoms. The topological polar surface area (TPSA) is 81.9 Å². The molecule has 0 saturated carbocycles. The zero-order chi connectivity index (χ0) is 18.5. The molecule has 0 bridgehead atoms. The molecule has 4 rings (SSSR count). The van der Waals surface area contributed by atoms with E-state index in [2.05, 4.69) is 32.7 Å². The summed E-state index contributed by atoms with van der Waals surface area (Å²) in [6.07, 6.45) is 4.74. The number of hydrogen-bond acceptors (Lipinski definition) is 6. The average Bonchev–Trinajstić information content (AvgIpc) is 3.44. The maximum absolute atomic E-state index is 12.3. The molecule has 0 radical (unpaired) electrons. The van der Waals surface area contributed by atoms with Gasteiger partial charge in [0.2, 0.25) is 0 Å². The molecule has 0 aliphatic carbocycles. The number of benzene rings is 1. The Morgan fingerprint density at radius 3 is 3.04 bits per heavy atom. The largest absolute Gasteiger partial charge is 0.376 e. The lowest BCUT2D eigenvalue weighted by molar-refractivity contribution is 0.0929. The minimum absolute atomic E-state index is 0.167. The summed E-state index contributed by atoms with van der Waals surface area (Å²) in [4.78, 5) is 16.9. The van der Waals surface area contributed by atoms with Gasteiger partial charge in [0.05, 0.1) is 36.1 Å². The Morgan fingerprint density at radius 2 is 2.22 bits per heavy atom. The fourth-order valence-corrected chi connectivity index (χ4v) is 3.86. The van der Waals surface area contributed by atoms with Crippen LogP contribution in [0.25, 0.3) is 0 Å². The van der Waals surface area contributed by atoms with Crippen molar-refractivity contribution in [2.75, 3.05) is 6.61 Å². The van der Waals surface area contributed by atoms with Crippen LogP contribution in [0.15, 0.2) is 41.9 Å². The number of carbonyl (C=O) groups is 1. The van der Waals surface area contributed by atoms with E-state index < -0.39 is 0 Å². The highest BCUT2D eigenvalue weighted by Gasteiger charge is 2.18. The van der Waals surface area contributed by atoms with E-state index in [9.17, 15) is 4.79 Å². The molecule has 1 aliphatic rings. The van der Waals surface area contributed by atoms with E-state index in [0.29, 0.717) is 18.8 Å². The highest BCUT2D eigenvalue weighted by atomic mass is 32.1. The van der Waals surface area contributed by atoms with Gasteiger partial charge in [-0.2, -0.15) is 0 Å². The number of amides is 1. The van der Waals surface area contributed by atoms with E-state index in [-0.39, 0.29) is 12.0 Å². The first-order valence-corrected chi connectivity index (χ1v) is 9.91. The number of nitrogens with zero attached hydrogens (tertiary/aromatic N) is 4. The van der Waals surface area contributed by atoms with E-state index in [1.807, 2.05) is 23.6 Å². The first-order chi connectivity index (χ1) is 13.3. The van der Waals surface area contributed by atoms with Gasteiger partial charge < -0.3 is 10.1 Å². The van der Waals surface area contributed by atoms with Gasteiger partial charge in [0.1, 0.15) is 0 Å². The van der Waals surface area contributed by atoms with Gasteiger partial charge in [0.15, 0.2) is 5.69 Å². The lowest BCUT2D eigenvalue weighted by Crippen LogP contribution is -2.23. The minimum Gasteiger partial charge on any atom is -0.376 e. The van der Waals surface area contributed by atoms with E-state index in [0.717, 1.165) is 36.6 Å². The molecule has 1 saturated heterocycles. The van der Waals surface area contributed by atoms with Crippen molar-refractivity contribution in [3.8, 4) is 0 Å². The van der Waals surface area contributed by atoms with Crippen molar-refractivity contribution in [3.63, 3.8) is 0 Å². The van der Waals surface area contributed by atoms with Crippen molar-refractivity contribution in [2.45, 2.75) is 38.5 Å². The van der Waals surface area contributed by atoms with Crippen LogP contribution in [-0.2, 0) is 24.2 Å². The number of carbonyl (C=O) groups excluding carboxylic acids is 1. The normalized spacial score (nSPS) is 16.5. The maximum Gasteiger partial charge on any atom is 0.273 e. The van der Waals surface area contributed by atoms with Gasteiger partial charge in [-0.15, -0.1) is 16.4 Å². The van der Waals surface area contributed by atoms with Crippen LogP contribution < -0.4 is 5.32 Å². The Labute approximate surface area is 161 Å². The average molecular weight is 383 g/mol. The molecular weight excluding hydrogens is 362 g/mol. The lowest BCUT2D eigenvalue weighted by Gasteiger charge is -2.07. The van der Waals surface area contributed by atoms with Crippen LogP contribution in [-0.4, -0.2) is 38.6 Å². The third-order valence-corrected chi connectivity index (χ3v) is 5.31. The van der Waals surface area contributed by atoms with Gasteiger partial charge in [-0.1, -0.05) is 35.5 Å². The zero-order valence-electron chi connectivity index (χ0n) is 14.9. The SMILES string of the molecule is O=C(NCc1csc(Cc2ccccc2)n1)c1cn(C[C@H]2CCCO2)nn1. The van der Waals surface area contributed by atoms with E-state index in [1.54, 1.807) is 22.2 Å². The molecule has 1 atom stereocenters. The van der Waals surface area contributed by atoms with E-state index in [4.69, 9.17) is 4.74 Å². The van der Waals surface area contributed by atoms with Crippen LogP contribution in [0.2, 0.25) is 0 Å². The van der Waals surface area contributed by atoms with Crippen LogP contribution in [0.3, 0.4) is 0 Å². The predicted molar refractivity (Wildman–Crippen MR) is 102 cm³/mol. The standard InChI is InChI=1S/C19H21N5O2S/c25-19(17-12-24(23-22-17)11-16-7-4-8-26-16)20-10-15-13-27-18(21-15)9-14-5-2-1-3-6-14/h1-3,5-6,12-13,16H,4,7-11H2,(H,20,25)/t16-/m1/s1. The molecule has 140 valence electrons. The molecule has 7 nitrogen and oxygen atoms in total. The van der Waals surface area contributed by atoms with Gasteiger partial charge in [-0.25, -0.2) is 9.67 Å². The van der Waals surface area contributed by atoms with Gasteiger partial charge in [0.25, 0.3) is 5.91 Å². The quantitative estimate of drug-likeness (QED) is 0.678. The molecule has 1 amide bonds. The summed E-state index contributed by atoms with van der Waals surface area (Å²) in [5.41, 5.74) is 2.39. The molecule has 1 N–H and O–H groups in total. The zero-order valence-corrected chi connectivity index (χ0v) is 15.7. The van der Waals surface area contributed by atoms with Crippen LogP contribution in [0, 0.1) is 0 Å². The Balaban J connectivity index is 1.28. The summed E-state index contributed by atoms with van der Waals surface area (Å²) in [5.74, 6) is -0.244. The Kier molecular flexibility index (Phi) is 5.55. The van der Waals surface area contributed by atoms with Crippen LogP contribution in [0.5, 0.6) is 0 Å². The lowest BCUT2D eigenvalue weighted by atomic mass is 10.2. The fraction of sp³-hybridized carbons (Fsp3) is 0.368. The molecular formula is C19H21N5O2S. The summed E-state index contributed by atoms with van der Waals surface area (Å²) >= 11 is 1.61. The first kappa shape index (κ1) is 17.8. The van der Waals surface area contributed by atoms with E-state index >= 15 is 0 Å². The van der Waals surface area contributed by atoms with Crippen molar-refractivity contribution in [1.29, 1.82) is 0 Å². The predicted octanol–water partition coefficient (Wildman–Crippen LogP) is 2.43. The van der Waals surface area contributed by atoms with Crippen molar-refractivity contribution in [2.24, 2.45) is 0 Å². The number of aromatic nitrogens is 4. The third-order valence-electron chi connectivity index (χ3n) is 4.41. The number of thiazole rings is 1. The van der Waals surface area contributed by atoms with Gasteiger partial charge in [-0.3, -0.25) is 4.79 Å². The van der Waals surface area contributed by atoms with Gasteiger partial charge >= 0.3 is 0 Å². The first-order valence-electron chi connectivity index (χ1n) is 9.03. The maximum atomic E-state index is 12.3. The smallest absolute Gasteiger partial charge is 0.273 e. The summed E-state index contributed by atoms with van der Waals surface area (Å²) in [7, 11) is 0. The molecule has 0 unspecified atom stereocenters. The second-order valence-electron chi connectivity index (χ2n) is 6.54. The Hall–Kier alpha value is -2.58. The molecule has 1 aromatic carbocycles. The highest BCUT2D eigenvalue weighted by molar-refractivity contribution is 7.09. The molecule has 1 fully saturated rings. The Morgan fingerprint density at radius 1 is 1.33 bits per heavy atom. The monoisotopic (exact) mass is 383 g/mol. The fourth-order valence-electron chi connectivity index (χ4n) is 3.03. The minimum atomic E-state index is -0.244. The van der Waals surface area contributed by atoms with Gasteiger partial charge in [0, 0.05) is 18.4 Å². The Bertz CT molecular complexity index is 886. The summed E-state index contributed by atoms with van der Waals surface area (Å²) in [5, 5.41) is 13.8. The van der Waals surface area contributed by atoms with Gasteiger partial charge in [-0.05, 0) is 18.4 Å². The molecule has 0 spiro atoms. The van der Waals surface area contributed by atoms with Crippen molar-refractivity contribution in [1.82, 2.24) is 25.3 Å². The summed E-state index contributed by atoms with van der Waals surface area (Å²) in [6.45, 7) is 1.81. The highest BCUT2D eigenvalue weighted by Crippen LogP contribution is 2.15. The number of rotatable bonds is 7. The van der Waals surface area contributed by atoms with Crippen LogP contribution >= 0.6 is 11.3 Å². The molecule has 1 aliphatic heterocycles. The van der Waals surface area contributed by atoms with Crippen LogP contribution in [0.1, 0.15) is 39.6 Å². The summed E-state index contributed by atoms with van der Waals surface area (Å²) < 4.78 is 7.25. The number of nitrogens with one attached hydrogen (secondary N) is 1. The molecule has 3 aromatic rings. The van der Waals surface area contributed by atoms with Crippen LogP contribution in [0.4, 0.5) is 0 Å². The van der Waals surface area contributed by atoms with Crippen molar-refractivity contribution in [3.05, 3.63) is 63.9 Å². The summed E-state index contributed by atoms with van der Waals surface area (Å²) in [6, 6.07) is 10.2. The molecule has 3 heterocycles. The van der Waals surface area contributed by atoms with Crippen molar-refractivity contribution < 1.29 is 9.53 Å². The number of hydrogen-bond donors (Lipinski definition) is 1. The second-order valence-corrected chi connectivity index (χ2v) is 7.48. The second kappa shape index (κ2) is 8.41. The molecule has 8 heteroatoms. The van der Waals surface area contributed by atoms with E-state index in [1.165, 1.54) is 5.56 Å². The van der Waals surface area contributed by atoms with Crippen molar-refractivity contribution >= 4 is 17.2 Å². The third kappa shape index (κ3) is 4.78. The number of ether oxygens (including phenoxy) is 1.